The maximum Gasteiger partial charge on any atom is 0.323 e. The largest absolute Gasteiger partial charge is 0.497 e. The number of amides is 1. The molecule has 24 heavy (non-hydrogen) atoms. The van der Waals surface area contributed by atoms with Crippen LogP contribution in [0, 0.1) is 5.92 Å². The van der Waals surface area contributed by atoms with Gasteiger partial charge < -0.3 is 24.4 Å². The Morgan fingerprint density at radius 3 is 2.71 bits per heavy atom. The third kappa shape index (κ3) is 4.61. The van der Waals surface area contributed by atoms with Crippen molar-refractivity contribution in [1.82, 2.24) is 9.80 Å². The molecule has 1 atom stereocenters. The molecule has 1 heterocycles. The SMILES string of the molecule is COc1ccc2c(c1)OC[C@@H](C(=O)N(CCN(C)C)CC(=O)O)C2. The van der Waals surface area contributed by atoms with Crippen LogP contribution >= 0.6 is 0 Å². The lowest BCUT2D eigenvalue weighted by atomic mass is 9.95. The van der Waals surface area contributed by atoms with Gasteiger partial charge in [-0.2, -0.15) is 0 Å². The van der Waals surface area contributed by atoms with Gasteiger partial charge in [-0.15, -0.1) is 0 Å². The highest BCUT2D eigenvalue weighted by Crippen LogP contribution is 2.31. The minimum atomic E-state index is -1.01. The lowest BCUT2D eigenvalue weighted by Gasteiger charge is -2.30. The maximum absolute atomic E-state index is 12.7. The van der Waals surface area contributed by atoms with Crippen LogP contribution in [0.3, 0.4) is 0 Å². The Bertz CT molecular complexity index is 603. The van der Waals surface area contributed by atoms with E-state index in [1.54, 1.807) is 13.2 Å². The molecule has 0 fully saturated rings. The third-order valence-corrected chi connectivity index (χ3v) is 3.98. The minimum absolute atomic E-state index is 0.180. The topological polar surface area (TPSA) is 79.3 Å². The fourth-order valence-corrected chi connectivity index (χ4v) is 2.65. The van der Waals surface area contributed by atoms with E-state index in [0.717, 1.165) is 11.3 Å². The lowest BCUT2D eigenvalue weighted by molar-refractivity contribution is -0.147. The Balaban J connectivity index is 2.07. The highest BCUT2D eigenvalue weighted by molar-refractivity contribution is 5.83. The van der Waals surface area contributed by atoms with Crippen LogP contribution in [-0.2, 0) is 16.0 Å². The van der Waals surface area contributed by atoms with Crippen molar-refractivity contribution in [3.63, 3.8) is 0 Å². The number of methoxy groups -OCH3 is 1. The molecule has 0 saturated carbocycles. The Labute approximate surface area is 141 Å². The molecule has 1 aromatic carbocycles. The van der Waals surface area contributed by atoms with Crippen molar-refractivity contribution in [2.75, 3.05) is 47.4 Å². The molecule has 1 aliphatic rings. The second kappa shape index (κ2) is 8.01. The number of likely N-dealkylation sites (N-methyl/N-ethyl adjacent to an activating group) is 1. The average molecular weight is 336 g/mol. The van der Waals surface area contributed by atoms with E-state index in [9.17, 15) is 9.59 Å². The molecule has 0 spiro atoms. The summed E-state index contributed by atoms with van der Waals surface area (Å²) in [4.78, 5) is 27.1. The van der Waals surface area contributed by atoms with Crippen LogP contribution in [-0.4, -0.2) is 74.2 Å². The van der Waals surface area contributed by atoms with E-state index in [1.807, 2.05) is 31.1 Å². The number of ether oxygens (including phenoxy) is 2. The number of carboxylic acid groups (broad SMARTS) is 1. The zero-order chi connectivity index (χ0) is 17.7. The van der Waals surface area contributed by atoms with Gasteiger partial charge in [0.1, 0.15) is 24.7 Å². The Morgan fingerprint density at radius 1 is 1.33 bits per heavy atom. The number of aliphatic carboxylic acids is 1. The summed E-state index contributed by atoms with van der Waals surface area (Å²) in [6, 6.07) is 5.52. The first kappa shape index (κ1) is 18.1. The zero-order valence-corrected chi connectivity index (χ0v) is 14.3. The third-order valence-electron chi connectivity index (χ3n) is 3.98. The molecular formula is C17H24N2O5. The smallest absolute Gasteiger partial charge is 0.323 e. The number of carbonyl (C=O) groups excluding carboxylic acids is 1. The van der Waals surface area contributed by atoms with Gasteiger partial charge in [0.2, 0.25) is 5.91 Å². The van der Waals surface area contributed by atoms with Crippen LogP contribution in [0.25, 0.3) is 0 Å². The molecule has 1 aromatic rings. The average Bonchev–Trinajstić information content (AvgIpc) is 2.56. The van der Waals surface area contributed by atoms with Crippen LogP contribution in [0.15, 0.2) is 18.2 Å². The molecule has 0 aliphatic carbocycles. The van der Waals surface area contributed by atoms with E-state index >= 15 is 0 Å². The summed E-state index contributed by atoms with van der Waals surface area (Å²) in [6.45, 7) is 0.945. The summed E-state index contributed by atoms with van der Waals surface area (Å²) in [6.07, 6.45) is 0.538. The van der Waals surface area contributed by atoms with Crippen molar-refractivity contribution in [3.05, 3.63) is 23.8 Å². The molecule has 0 bridgehead atoms. The summed E-state index contributed by atoms with van der Waals surface area (Å²) < 4.78 is 10.9. The molecule has 0 aromatic heterocycles. The van der Waals surface area contributed by atoms with Gasteiger partial charge in [-0.05, 0) is 32.1 Å². The first-order chi connectivity index (χ1) is 11.4. The van der Waals surface area contributed by atoms with Gasteiger partial charge in [0.05, 0.1) is 13.0 Å². The number of hydrogen-bond donors (Lipinski definition) is 1. The molecule has 0 unspecified atom stereocenters. The summed E-state index contributed by atoms with van der Waals surface area (Å²) in [7, 11) is 5.36. The zero-order valence-electron chi connectivity index (χ0n) is 14.3. The van der Waals surface area contributed by atoms with E-state index in [4.69, 9.17) is 14.6 Å². The fraction of sp³-hybridized carbons (Fsp3) is 0.529. The molecule has 1 amide bonds. The van der Waals surface area contributed by atoms with Crippen LogP contribution in [0.5, 0.6) is 11.5 Å². The van der Waals surface area contributed by atoms with Crippen molar-refractivity contribution in [3.8, 4) is 11.5 Å². The minimum Gasteiger partial charge on any atom is -0.497 e. The molecule has 1 aliphatic heterocycles. The molecule has 7 heteroatoms. The van der Waals surface area contributed by atoms with Crippen molar-refractivity contribution in [1.29, 1.82) is 0 Å². The first-order valence-electron chi connectivity index (χ1n) is 7.85. The first-order valence-corrected chi connectivity index (χ1v) is 7.85. The predicted molar refractivity (Wildman–Crippen MR) is 88.5 cm³/mol. The van der Waals surface area contributed by atoms with E-state index in [1.165, 1.54) is 4.90 Å². The van der Waals surface area contributed by atoms with Crippen LogP contribution in [0.2, 0.25) is 0 Å². The summed E-state index contributed by atoms with van der Waals surface area (Å²) in [5, 5.41) is 9.06. The van der Waals surface area contributed by atoms with Gasteiger partial charge in [0.25, 0.3) is 0 Å². The summed E-state index contributed by atoms with van der Waals surface area (Å²) in [5.74, 6) is -0.134. The van der Waals surface area contributed by atoms with Gasteiger partial charge in [-0.1, -0.05) is 6.07 Å². The summed E-state index contributed by atoms with van der Waals surface area (Å²) >= 11 is 0. The number of carboxylic acids is 1. The monoisotopic (exact) mass is 336 g/mol. The normalized spacial score (nSPS) is 16.2. The Kier molecular flexibility index (Phi) is 6.03. The van der Waals surface area contributed by atoms with E-state index < -0.39 is 5.97 Å². The molecular weight excluding hydrogens is 312 g/mol. The lowest BCUT2D eigenvalue weighted by Crippen LogP contribution is -2.45. The van der Waals surface area contributed by atoms with Gasteiger partial charge in [-0.3, -0.25) is 9.59 Å². The number of carbonyl (C=O) groups is 2. The number of benzene rings is 1. The Morgan fingerprint density at radius 2 is 2.08 bits per heavy atom. The van der Waals surface area contributed by atoms with Crippen molar-refractivity contribution in [2.45, 2.75) is 6.42 Å². The second-order valence-electron chi connectivity index (χ2n) is 6.14. The molecule has 7 nitrogen and oxygen atoms in total. The van der Waals surface area contributed by atoms with Gasteiger partial charge >= 0.3 is 5.97 Å². The fourth-order valence-electron chi connectivity index (χ4n) is 2.65. The van der Waals surface area contributed by atoms with Crippen LogP contribution in [0.1, 0.15) is 5.56 Å². The number of hydrogen-bond acceptors (Lipinski definition) is 5. The maximum atomic E-state index is 12.7. The number of rotatable bonds is 7. The number of nitrogens with zero attached hydrogens (tertiary/aromatic N) is 2. The van der Waals surface area contributed by atoms with E-state index in [-0.39, 0.29) is 25.0 Å². The van der Waals surface area contributed by atoms with Gasteiger partial charge in [0.15, 0.2) is 0 Å². The highest BCUT2D eigenvalue weighted by Gasteiger charge is 2.30. The van der Waals surface area contributed by atoms with Crippen LogP contribution < -0.4 is 9.47 Å². The summed E-state index contributed by atoms with van der Waals surface area (Å²) in [5.41, 5.74) is 0.934. The van der Waals surface area contributed by atoms with Crippen LogP contribution in [0.4, 0.5) is 0 Å². The quantitative estimate of drug-likeness (QED) is 0.790. The van der Waals surface area contributed by atoms with Crippen molar-refractivity contribution < 1.29 is 24.2 Å². The Hall–Kier alpha value is -2.28. The molecule has 0 radical (unpaired) electrons. The molecule has 2 rings (SSSR count). The highest BCUT2D eigenvalue weighted by atomic mass is 16.5. The number of fused-ring (bicyclic) bond motifs is 1. The predicted octanol–water partition coefficient (Wildman–Crippen LogP) is 0.721. The second-order valence-corrected chi connectivity index (χ2v) is 6.14. The van der Waals surface area contributed by atoms with E-state index in [0.29, 0.717) is 25.3 Å². The van der Waals surface area contributed by atoms with E-state index in [2.05, 4.69) is 0 Å². The molecule has 132 valence electrons. The van der Waals surface area contributed by atoms with Crippen molar-refractivity contribution >= 4 is 11.9 Å². The molecule has 1 N–H and O–H groups in total. The standard InChI is InChI=1S/C17H24N2O5/c1-18(2)6-7-19(10-16(20)21)17(22)13-8-12-4-5-14(23-3)9-15(12)24-11-13/h4-5,9,13H,6-8,10-11H2,1-3H3,(H,20,21)/t13-/m0/s1. The van der Waals surface area contributed by atoms with Gasteiger partial charge in [-0.25, -0.2) is 0 Å². The van der Waals surface area contributed by atoms with Crippen molar-refractivity contribution in [2.24, 2.45) is 5.92 Å². The molecule has 0 saturated heterocycles. The van der Waals surface area contributed by atoms with Gasteiger partial charge in [0, 0.05) is 19.2 Å².